The first kappa shape index (κ1) is 15.4. The van der Waals surface area contributed by atoms with Gasteiger partial charge in [-0.15, -0.1) is 0 Å². The molecule has 0 fully saturated rings. The molecule has 0 bridgehead atoms. The number of aryl methyl sites for hydroxylation is 1. The molecule has 0 saturated carbocycles. The zero-order valence-electron chi connectivity index (χ0n) is 12.7. The van der Waals surface area contributed by atoms with E-state index in [1.54, 1.807) is 13.3 Å². The molecule has 4 heteroatoms. The van der Waals surface area contributed by atoms with Crippen LogP contribution in [0.2, 0.25) is 0 Å². The second-order valence-electron chi connectivity index (χ2n) is 5.00. The molecule has 21 heavy (non-hydrogen) atoms. The fourth-order valence-electron chi connectivity index (χ4n) is 2.35. The lowest BCUT2D eigenvalue weighted by Crippen LogP contribution is -2.24. The van der Waals surface area contributed by atoms with E-state index in [2.05, 4.69) is 28.3 Å². The first-order valence-corrected chi connectivity index (χ1v) is 7.46. The van der Waals surface area contributed by atoms with Crippen LogP contribution in [-0.2, 0) is 6.42 Å². The van der Waals surface area contributed by atoms with Crippen LogP contribution in [0.5, 0.6) is 5.75 Å². The van der Waals surface area contributed by atoms with Crippen molar-refractivity contribution in [2.45, 2.75) is 32.2 Å². The van der Waals surface area contributed by atoms with E-state index in [0.717, 1.165) is 37.3 Å². The fourth-order valence-corrected chi connectivity index (χ4v) is 2.35. The van der Waals surface area contributed by atoms with Crippen LogP contribution in [0.3, 0.4) is 0 Å². The molecule has 2 rings (SSSR count). The van der Waals surface area contributed by atoms with Crippen LogP contribution in [-0.4, -0.2) is 23.6 Å². The van der Waals surface area contributed by atoms with Gasteiger partial charge >= 0.3 is 0 Å². The molecule has 0 saturated heterocycles. The van der Waals surface area contributed by atoms with E-state index in [9.17, 15) is 0 Å². The lowest BCUT2D eigenvalue weighted by molar-refractivity contribution is 0.389. The van der Waals surface area contributed by atoms with Crippen LogP contribution in [0, 0.1) is 0 Å². The average molecular weight is 285 g/mol. The molecule has 2 aromatic heterocycles. The van der Waals surface area contributed by atoms with Gasteiger partial charge in [-0.1, -0.05) is 13.0 Å². The molecule has 0 aromatic carbocycles. The van der Waals surface area contributed by atoms with Crippen molar-refractivity contribution >= 4 is 0 Å². The molecule has 0 spiro atoms. The Balaban J connectivity index is 2.10. The minimum absolute atomic E-state index is 0.196. The quantitative estimate of drug-likeness (QED) is 0.809. The van der Waals surface area contributed by atoms with Gasteiger partial charge in [0.1, 0.15) is 5.75 Å². The number of hydrogen-bond acceptors (Lipinski definition) is 4. The van der Waals surface area contributed by atoms with Crippen LogP contribution in [0.25, 0.3) is 0 Å². The molecule has 4 nitrogen and oxygen atoms in total. The molecule has 112 valence electrons. The number of pyridine rings is 2. The highest BCUT2D eigenvalue weighted by atomic mass is 16.5. The van der Waals surface area contributed by atoms with Gasteiger partial charge in [0.2, 0.25) is 0 Å². The maximum atomic E-state index is 5.44. The summed E-state index contributed by atoms with van der Waals surface area (Å²) in [4.78, 5) is 8.68. The van der Waals surface area contributed by atoms with Gasteiger partial charge in [-0.25, -0.2) is 0 Å². The Hall–Kier alpha value is -1.94. The third-order valence-corrected chi connectivity index (χ3v) is 3.43. The lowest BCUT2D eigenvalue weighted by atomic mass is 10.0. The first-order chi connectivity index (χ1) is 10.3. The van der Waals surface area contributed by atoms with Crippen LogP contribution in [0.15, 0.2) is 42.9 Å². The summed E-state index contributed by atoms with van der Waals surface area (Å²) in [6.07, 6.45) is 8.58. The number of nitrogens with one attached hydrogen (secondary N) is 1. The van der Waals surface area contributed by atoms with Crippen molar-refractivity contribution in [2.75, 3.05) is 13.7 Å². The minimum Gasteiger partial charge on any atom is -0.495 e. The van der Waals surface area contributed by atoms with Crippen molar-refractivity contribution in [3.63, 3.8) is 0 Å². The molecular weight excluding hydrogens is 262 g/mol. The smallest absolute Gasteiger partial charge is 0.141 e. The SMILES string of the molecule is CCCNC(CCc1cccnc1)c1ncccc1OC. The van der Waals surface area contributed by atoms with Gasteiger partial charge in [0.25, 0.3) is 0 Å². The molecule has 0 radical (unpaired) electrons. The monoisotopic (exact) mass is 285 g/mol. The van der Waals surface area contributed by atoms with Crippen LogP contribution < -0.4 is 10.1 Å². The molecule has 1 atom stereocenters. The summed E-state index contributed by atoms with van der Waals surface area (Å²) in [6, 6.07) is 8.15. The van der Waals surface area contributed by atoms with Gasteiger partial charge < -0.3 is 10.1 Å². The normalized spacial score (nSPS) is 12.1. The van der Waals surface area contributed by atoms with E-state index in [1.807, 2.05) is 30.6 Å². The number of aromatic nitrogens is 2. The zero-order valence-corrected chi connectivity index (χ0v) is 12.7. The largest absolute Gasteiger partial charge is 0.495 e. The summed E-state index contributed by atoms with van der Waals surface area (Å²) in [5, 5.41) is 3.57. The predicted molar refractivity (Wildman–Crippen MR) is 84.4 cm³/mol. The van der Waals surface area contributed by atoms with Crippen molar-refractivity contribution in [1.82, 2.24) is 15.3 Å². The summed E-state index contributed by atoms with van der Waals surface area (Å²) in [6.45, 7) is 3.14. The van der Waals surface area contributed by atoms with Crippen LogP contribution in [0.4, 0.5) is 0 Å². The zero-order chi connectivity index (χ0) is 14.9. The molecule has 2 aromatic rings. The minimum atomic E-state index is 0.196. The number of ether oxygens (including phenoxy) is 1. The molecular formula is C17H23N3O. The molecule has 0 aliphatic carbocycles. The third-order valence-electron chi connectivity index (χ3n) is 3.43. The number of rotatable bonds is 8. The first-order valence-electron chi connectivity index (χ1n) is 7.46. The predicted octanol–water partition coefficient (Wildman–Crippen LogP) is 3.16. The standard InChI is InChI=1S/C17H23N3O/c1-3-10-19-15(9-8-14-6-4-11-18-13-14)17-16(21-2)7-5-12-20-17/h4-7,11-13,15,19H,3,8-10H2,1-2H3. The van der Waals surface area contributed by atoms with Crippen molar-refractivity contribution in [2.24, 2.45) is 0 Å². The highest BCUT2D eigenvalue weighted by Gasteiger charge is 2.16. The van der Waals surface area contributed by atoms with Crippen LogP contribution in [0.1, 0.15) is 37.1 Å². The van der Waals surface area contributed by atoms with E-state index in [0.29, 0.717) is 0 Å². The fraction of sp³-hybridized carbons (Fsp3) is 0.412. The molecule has 0 aliphatic heterocycles. The highest BCUT2D eigenvalue weighted by molar-refractivity contribution is 5.29. The second kappa shape index (κ2) is 8.37. The Labute approximate surface area is 126 Å². The summed E-state index contributed by atoms with van der Waals surface area (Å²) in [5.74, 6) is 0.845. The van der Waals surface area contributed by atoms with Crippen LogP contribution >= 0.6 is 0 Å². The van der Waals surface area contributed by atoms with Gasteiger partial charge in [-0.05, 0) is 49.6 Å². The van der Waals surface area contributed by atoms with Gasteiger partial charge in [0.15, 0.2) is 0 Å². The van der Waals surface area contributed by atoms with Crippen molar-refractivity contribution in [1.29, 1.82) is 0 Å². The number of nitrogens with zero attached hydrogens (tertiary/aromatic N) is 2. The Morgan fingerprint density at radius 1 is 1.24 bits per heavy atom. The second-order valence-corrected chi connectivity index (χ2v) is 5.00. The van der Waals surface area contributed by atoms with Gasteiger partial charge in [0, 0.05) is 18.6 Å². The Morgan fingerprint density at radius 2 is 2.10 bits per heavy atom. The van der Waals surface area contributed by atoms with Gasteiger partial charge in [-0.3, -0.25) is 9.97 Å². The van der Waals surface area contributed by atoms with E-state index in [-0.39, 0.29) is 6.04 Å². The van der Waals surface area contributed by atoms with E-state index >= 15 is 0 Å². The molecule has 1 N–H and O–H groups in total. The van der Waals surface area contributed by atoms with Gasteiger partial charge in [-0.2, -0.15) is 0 Å². The van der Waals surface area contributed by atoms with E-state index in [4.69, 9.17) is 4.74 Å². The lowest BCUT2D eigenvalue weighted by Gasteiger charge is -2.20. The van der Waals surface area contributed by atoms with Crippen molar-refractivity contribution in [3.8, 4) is 5.75 Å². The summed E-state index contributed by atoms with van der Waals surface area (Å²) >= 11 is 0. The topological polar surface area (TPSA) is 47.0 Å². The van der Waals surface area contributed by atoms with E-state index < -0.39 is 0 Å². The maximum Gasteiger partial charge on any atom is 0.141 e. The Bertz CT molecular complexity index is 531. The Morgan fingerprint density at radius 3 is 2.81 bits per heavy atom. The van der Waals surface area contributed by atoms with E-state index in [1.165, 1.54) is 5.56 Å². The molecule has 0 aliphatic rings. The summed E-state index contributed by atoms with van der Waals surface area (Å²) < 4.78 is 5.44. The number of hydrogen-bond donors (Lipinski definition) is 1. The third kappa shape index (κ3) is 4.53. The Kier molecular flexibility index (Phi) is 6.16. The summed E-state index contributed by atoms with van der Waals surface area (Å²) in [7, 11) is 1.69. The molecule has 2 heterocycles. The van der Waals surface area contributed by atoms with Gasteiger partial charge in [0.05, 0.1) is 18.8 Å². The molecule has 0 amide bonds. The molecule has 1 unspecified atom stereocenters. The van der Waals surface area contributed by atoms with Crippen molar-refractivity contribution < 1.29 is 4.74 Å². The number of methoxy groups -OCH3 is 1. The average Bonchev–Trinajstić information content (AvgIpc) is 2.56. The summed E-state index contributed by atoms with van der Waals surface area (Å²) in [5.41, 5.74) is 2.23. The maximum absolute atomic E-state index is 5.44. The highest BCUT2D eigenvalue weighted by Crippen LogP contribution is 2.25. The van der Waals surface area contributed by atoms with Crippen molar-refractivity contribution in [3.05, 3.63) is 54.1 Å².